The zero-order valence-electron chi connectivity index (χ0n) is 10.3. The van der Waals surface area contributed by atoms with Crippen LogP contribution >= 0.6 is 11.6 Å². The molecule has 0 saturated heterocycles. The van der Waals surface area contributed by atoms with E-state index in [9.17, 15) is 9.18 Å². The first-order chi connectivity index (χ1) is 8.63. The molecule has 0 aliphatic heterocycles. The first-order valence-corrected chi connectivity index (χ1v) is 6.58. The van der Waals surface area contributed by atoms with Crippen molar-refractivity contribution in [2.45, 2.75) is 44.6 Å². The summed E-state index contributed by atoms with van der Waals surface area (Å²) in [5, 5.41) is 0.108. The highest BCUT2D eigenvalue weighted by Crippen LogP contribution is 2.44. The third-order valence-electron chi connectivity index (χ3n) is 3.69. The van der Waals surface area contributed by atoms with Gasteiger partial charge in [0.2, 0.25) is 6.08 Å². The number of nitrogens with zero attached hydrogens (tertiary/aromatic N) is 1. The lowest BCUT2D eigenvalue weighted by Crippen LogP contribution is -2.21. The van der Waals surface area contributed by atoms with Crippen molar-refractivity contribution in [3.05, 3.63) is 34.1 Å². The van der Waals surface area contributed by atoms with Crippen molar-refractivity contribution in [1.29, 1.82) is 0 Å². The summed E-state index contributed by atoms with van der Waals surface area (Å²) in [5.74, 6) is -0.449. The number of hydrogen-bond donors (Lipinski definition) is 0. The van der Waals surface area contributed by atoms with E-state index >= 15 is 0 Å². The van der Waals surface area contributed by atoms with Gasteiger partial charge in [-0.2, -0.15) is 4.99 Å². The molecule has 2 rings (SSSR count). The smallest absolute Gasteiger partial charge is 0.211 e. The van der Waals surface area contributed by atoms with Gasteiger partial charge in [0.1, 0.15) is 11.4 Å². The van der Waals surface area contributed by atoms with E-state index in [1.54, 1.807) is 18.2 Å². The topological polar surface area (TPSA) is 29.4 Å². The molecule has 1 aliphatic carbocycles. The summed E-state index contributed by atoms with van der Waals surface area (Å²) in [7, 11) is 0. The minimum atomic E-state index is -0.749. The molecule has 1 aromatic rings. The van der Waals surface area contributed by atoms with E-state index in [4.69, 9.17) is 11.6 Å². The van der Waals surface area contributed by atoms with Crippen molar-refractivity contribution in [1.82, 2.24) is 0 Å². The molecule has 0 spiro atoms. The second kappa shape index (κ2) is 5.21. The van der Waals surface area contributed by atoms with E-state index in [1.807, 2.05) is 6.92 Å². The van der Waals surface area contributed by atoms with Gasteiger partial charge in [-0.3, -0.25) is 0 Å². The molecule has 0 N–H and O–H groups in total. The molecule has 1 saturated carbocycles. The molecule has 18 heavy (non-hydrogen) atoms. The fourth-order valence-corrected chi connectivity index (χ4v) is 2.92. The molecule has 0 bridgehead atoms. The Morgan fingerprint density at radius 1 is 1.44 bits per heavy atom. The highest BCUT2D eigenvalue weighted by molar-refractivity contribution is 6.30. The minimum Gasteiger partial charge on any atom is -0.211 e. The Hall–Kier alpha value is -1.18. The molecular weight excluding hydrogens is 253 g/mol. The summed E-state index contributed by atoms with van der Waals surface area (Å²) < 4.78 is 14.2. The summed E-state index contributed by atoms with van der Waals surface area (Å²) in [4.78, 5) is 14.5. The van der Waals surface area contributed by atoms with Gasteiger partial charge in [0, 0.05) is 5.56 Å². The second-order valence-corrected chi connectivity index (χ2v) is 5.14. The molecule has 1 aromatic carbocycles. The maximum absolute atomic E-state index is 14.2. The Morgan fingerprint density at radius 3 is 2.67 bits per heavy atom. The van der Waals surface area contributed by atoms with Crippen LogP contribution in [0.15, 0.2) is 17.1 Å². The van der Waals surface area contributed by atoms with Crippen LogP contribution in [0.5, 0.6) is 0 Å². The Bertz CT molecular complexity index is 503. The number of hydrogen-bond acceptors (Lipinski definition) is 2. The number of carbonyl (C=O) groups excluding carboxylic acids is 1. The number of aliphatic imine (C=N–C) groups is 1. The van der Waals surface area contributed by atoms with Crippen molar-refractivity contribution < 1.29 is 9.18 Å². The van der Waals surface area contributed by atoms with E-state index in [0.29, 0.717) is 18.4 Å². The summed E-state index contributed by atoms with van der Waals surface area (Å²) in [6.07, 6.45) is 5.62. The van der Waals surface area contributed by atoms with Gasteiger partial charge in [-0.25, -0.2) is 9.18 Å². The van der Waals surface area contributed by atoms with Crippen LogP contribution in [0.3, 0.4) is 0 Å². The largest absolute Gasteiger partial charge is 0.235 e. The molecule has 0 radical (unpaired) electrons. The highest BCUT2D eigenvalue weighted by atomic mass is 35.5. The van der Waals surface area contributed by atoms with Crippen molar-refractivity contribution in [2.24, 2.45) is 4.99 Å². The molecule has 0 atom stereocenters. The van der Waals surface area contributed by atoms with Crippen LogP contribution < -0.4 is 0 Å². The zero-order chi connectivity index (χ0) is 13.2. The van der Waals surface area contributed by atoms with Gasteiger partial charge < -0.3 is 0 Å². The van der Waals surface area contributed by atoms with Gasteiger partial charge in [0.05, 0.1) is 5.02 Å². The highest BCUT2D eigenvalue weighted by Gasteiger charge is 2.38. The maximum atomic E-state index is 14.2. The molecule has 0 aromatic heterocycles. The van der Waals surface area contributed by atoms with E-state index in [0.717, 1.165) is 24.8 Å². The Balaban J connectivity index is 2.60. The molecule has 2 nitrogen and oxygen atoms in total. The van der Waals surface area contributed by atoms with Gasteiger partial charge in [-0.05, 0) is 30.9 Å². The Kier molecular flexibility index (Phi) is 3.84. The lowest BCUT2D eigenvalue weighted by molar-refractivity contribution is 0.430. The van der Waals surface area contributed by atoms with Gasteiger partial charge in [0.25, 0.3) is 0 Å². The first kappa shape index (κ1) is 13.3. The Labute approximate surface area is 111 Å². The van der Waals surface area contributed by atoms with Crippen LogP contribution in [0.2, 0.25) is 5.02 Å². The van der Waals surface area contributed by atoms with Crippen LogP contribution in [-0.2, 0) is 16.8 Å². The SMILES string of the molecule is CCc1cc(Cl)c(F)c(C2(N=C=O)CCCC2)c1. The van der Waals surface area contributed by atoms with E-state index in [-0.39, 0.29) is 5.02 Å². The lowest BCUT2D eigenvalue weighted by Gasteiger charge is -2.24. The van der Waals surface area contributed by atoms with Gasteiger partial charge >= 0.3 is 0 Å². The van der Waals surface area contributed by atoms with Crippen LogP contribution in [0, 0.1) is 5.82 Å². The van der Waals surface area contributed by atoms with Crippen LogP contribution in [0.25, 0.3) is 0 Å². The van der Waals surface area contributed by atoms with Crippen molar-refractivity contribution in [3.8, 4) is 0 Å². The number of aryl methyl sites for hydroxylation is 1. The number of halogens is 2. The van der Waals surface area contributed by atoms with Gasteiger partial charge in [-0.15, -0.1) is 0 Å². The van der Waals surface area contributed by atoms with Crippen LogP contribution in [-0.4, -0.2) is 6.08 Å². The summed E-state index contributed by atoms with van der Waals surface area (Å²) in [6.45, 7) is 1.98. The van der Waals surface area contributed by atoms with Crippen molar-refractivity contribution in [2.75, 3.05) is 0 Å². The predicted octanol–water partition coefficient (Wildman–Crippen LogP) is 4.15. The molecule has 4 heteroatoms. The minimum absolute atomic E-state index is 0.108. The first-order valence-electron chi connectivity index (χ1n) is 6.20. The third-order valence-corrected chi connectivity index (χ3v) is 3.96. The van der Waals surface area contributed by atoms with E-state index < -0.39 is 11.4 Å². The maximum Gasteiger partial charge on any atom is 0.235 e. The summed E-state index contributed by atoms with van der Waals surface area (Å²) >= 11 is 5.92. The summed E-state index contributed by atoms with van der Waals surface area (Å²) in [5.41, 5.74) is 0.664. The lowest BCUT2D eigenvalue weighted by atomic mass is 9.87. The normalized spacial score (nSPS) is 17.5. The second-order valence-electron chi connectivity index (χ2n) is 4.73. The number of isocyanates is 1. The number of benzene rings is 1. The molecule has 0 amide bonds. The fourth-order valence-electron chi connectivity index (χ4n) is 2.68. The molecule has 0 unspecified atom stereocenters. The van der Waals surface area contributed by atoms with Crippen LogP contribution in [0.4, 0.5) is 4.39 Å². The molecule has 1 aliphatic rings. The standard InChI is InChI=1S/C14H15ClFNO/c1-2-10-7-11(13(16)12(15)8-10)14(17-9-18)5-3-4-6-14/h7-8H,2-6H2,1H3. The molecule has 1 fully saturated rings. The molecular formula is C14H15ClFNO. The van der Waals surface area contributed by atoms with E-state index in [1.165, 1.54) is 0 Å². The third kappa shape index (κ3) is 2.21. The number of rotatable bonds is 3. The van der Waals surface area contributed by atoms with Gasteiger partial charge in [-0.1, -0.05) is 37.4 Å². The van der Waals surface area contributed by atoms with E-state index in [2.05, 4.69) is 4.99 Å². The fraction of sp³-hybridized carbons (Fsp3) is 0.500. The quantitative estimate of drug-likeness (QED) is 0.598. The zero-order valence-corrected chi connectivity index (χ0v) is 11.1. The molecule has 96 valence electrons. The Morgan fingerprint density at radius 2 is 2.11 bits per heavy atom. The molecule has 0 heterocycles. The summed E-state index contributed by atoms with van der Waals surface area (Å²) in [6, 6.07) is 3.42. The average molecular weight is 268 g/mol. The predicted molar refractivity (Wildman–Crippen MR) is 69.1 cm³/mol. The van der Waals surface area contributed by atoms with Crippen molar-refractivity contribution in [3.63, 3.8) is 0 Å². The average Bonchev–Trinajstić information content (AvgIpc) is 2.82. The van der Waals surface area contributed by atoms with Crippen LogP contribution in [0.1, 0.15) is 43.7 Å². The van der Waals surface area contributed by atoms with Gasteiger partial charge in [0.15, 0.2) is 0 Å². The van der Waals surface area contributed by atoms with Crippen molar-refractivity contribution >= 4 is 17.7 Å². The monoisotopic (exact) mass is 267 g/mol.